The van der Waals surface area contributed by atoms with E-state index in [0.29, 0.717) is 23.8 Å². The maximum atomic E-state index is 10.5. The van der Waals surface area contributed by atoms with Crippen molar-refractivity contribution in [1.29, 1.82) is 0 Å². The molecule has 2 aromatic rings. The maximum absolute atomic E-state index is 10.5. The molecule has 0 fully saturated rings. The monoisotopic (exact) mass is 347 g/mol. The Labute approximate surface area is 138 Å². The summed E-state index contributed by atoms with van der Waals surface area (Å²) in [4.78, 5) is 10.1. The van der Waals surface area contributed by atoms with E-state index in [9.17, 15) is 10.1 Å². The molecule has 0 amide bonds. The van der Waals surface area contributed by atoms with E-state index in [1.807, 2.05) is 6.92 Å². The molecular weight excluding hydrogens is 333 g/mol. The molecule has 2 rings (SSSR count). The summed E-state index contributed by atoms with van der Waals surface area (Å²) in [5.74, 6) is 6.68. The third kappa shape index (κ3) is 4.57. The lowest BCUT2D eigenvalue weighted by atomic mass is 10.2. The van der Waals surface area contributed by atoms with E-state index >= 15 is 0 Å². The number of nitrogens with one attached hydrogen (secondary N) is 1. The number of aryl methyl sites for hydroxylation is 1. The van der Waals surface area contributed by atoms with Gasteiger partial charge in [-0.25, -0.2) is 10.1 Å². The summed E-state index contributed by atoms with van der Waals surface area (Å²) in [6.45, 7) is 1.91. The van der Waals surface area contributed by atoms with Crippen molar-refractivity contribution in [2.24, 2.45) is 5.10 Å². The number of hydrogen-bond acceptors (Lipinski definition) is 7. The van der Waals surface area contributed by atoms with E-state index in [1.165, 1.54) is 23.0 Å². The highest BCUT2D eigenvalue weighted by atomic mass is 35.5. The van der Waals surface area contributed by atoms with E-state index < -0.39 is 4.92 Å². The molecule has 9 nitrogen and oxygen atoms in total. The van der Waals surface area contributed by atoms with Crippen LogP contribution in [0.4, 0.5) is 11.6 Å². The summed E-state index contributed by atoms with van der Waals surface area (Å²) in [7, 11) is 0. The van der Waals surface area contributed by atoms with Crippen LogP contribution in [0.3, 0.4) is 0 Å². The Morgan fingerprint density at radius 1 is 1.36 bits per heavy atom. The molecule has 0 spiro atoms. The normalized spacial score (nSPS) is 9.86. The Hall–Kier alpha value is -2.39. The first-order valence-electron chi connectivity index (χ1n) is 5.84. The van der Waals surface area contributed by atoms with E-state index in [1.54, 1.807) is 12.1 Å². The van der Waals surface area contributed by atoms with Crippen LogP contribution in [0.15, 0.2) is 29.4 Å². The van der Waals surface area contributed by atoms with Gasteiger partial charge < -0.3 is 5.84 Å². The van der Waals surface area contributed by atoms with Gasteiger partial charge in [-0.2, -0.15) is 5.10 Å². The zero-order valence-electron chi connectivity index (χ0n) is 11.5. The molecule has 3 N–H and O–H groups in total. The van der Waals surface area contributed by atoms with Gasteiger partial charge in [0, 0.05) is 18.6 Å². The fourth-order valence-corrected chi connectivity index (χ4v) is 1.49. The van der Waals surface area contributed by atoms with E-state index in [-0.39, 0.29) is 30.5 Å². The topological polar surface area (TPSA) is 124 Å². The van der Waals surface area contributed by atoms with E-state index in [4.69, 9.17) is 5.84 Å². The van der Waals surface area contributed by atoms with E-state index in [2.05, 4.69) is 20.7 Å². The second-order valence-corrected chi connectivity index (χ2v) is 3.88. The third-order valence-electron chi connectivity index (χ3n) is 2.56. The molecule has 0 radical (unpaired) electrons. The first-order chi connectivity index (χ1) is 9.61. The Morgan fingerprint density at radius 2 is 2.00 bits per heavy atom. The number of hydrazone groups is 1. The number of nitrogen functional groups attached to an aromatic ring is 1. The average molecular weight is 348 g/mol. The predicted octanol–water partition coefficient (Wildman–Crippen LogP) is 1.75. The first-order valence-corrected chi connectivity index (χ1v) is 5.84. The minimum Gasteiger partial charge on any atom is -0.335 e. The summed E-state index contributed by atoms with van der Waals surface area (Å²) in [5.41, 5.74) is 3.40. The first kappa shape index (κ1) is 19.6. The van der Waals surface area contributed by atoms with Gasteiger partial charge in [0.2, 0.25) is 0 Å². The fourth-order valence-electron chi connectivity index (χ4n) is 1.49. The molecule has 0 saturated carbocycles. The SMILES string of the molecule is CCc1nnc(N/N=C/c2ccc([N+](=O)[O-])cc2)n1N.Cl.Cl. The average Bonchev–Trinajstić information content (AvgIpc) is 2.80. The molecule has 11 heteroatoms. The molecule has 0 unspecified atom stereocenters. The van der Waals surface area contributed by atoms with Crippen molar-refractivity contribution < 1.29 is 4.92 Å². The van der Waals surface area contributed by atoms with Gasteiger partial charge in [0.15, 0.2) is 5.82 Å². The summed E-state index contributed by atoms with van der Waals surface area (Å²) >= 11 is 0. The highest BCUT2D eigenvalue weighted by molar-refractivity contribution is 5.85. The lowest BCUT2D eigenvalue weighted by Crippen LogP contribution is -2.14. The molecule has 0 atom stereocenters. The van der Waals surface area contributed by atoms with Crippen LogP contribution in [0, 0.1) is 10.1 Å². The maximum Gasteiger partial charge on any atom is 0.269 e. The number of hydrogen-bond donors (Lipinski definition) is 2. The molecular formula is C11H15Cl2N7O2. The van der Waals surface area contributed by atoms with Gasteiger partial charge in [0.05, 0.1) is 11.1 Å². The van der Waals surface area contributed by atoms with Crippen molar-refractivity contribution >= 4 is 42.7 Å². The van der Waals surface area contributed by atoms with Crippen LogP contribution in [0.25, 0.3) is 0 Å². The summed E-state index contributed by atoms with van der Waals surface area (Å²) in [6, 6.07) is 5.99. The Kier molecular flexibility index (Phi) is 7.84. The molecule has 0 bridgehead atoms. The molecule has 120 valence electrons. The summed E-state index contributed by atoms with van der Waals surface area (Å²) in [5, 5.41) is 22.2. The molecule has 0 aliphatic carbocycles. The molecule has 0 aliphatic heterocycles. The van der Waals surface area contributed by atoms with Gasteiger partial charge in [0.25, 0.3) is 11.6 Å². The second kappa shape index (κ2) is 8.80. The molecule has 1 aromatic carbocycles. The number of benzene rings is 1. The largest absolute Gasteiger partial charge is 0.335 e. The van der Waals surface area contributed by atoms with Crippen LogP contribution in [-0.2, 0) is 6.42 Å². The van der Waals surface area contributed by atoms with Crippen molar-refractivity contribution in [2.75, 3.05) is 11.3 Å². The molecule has 1 heterocycles. The quantitative estimate of drug-likeness (QED) is 0.367. The Bertz CT molecular complexity index is 642. The van der Waals surface area contributed by atoms with Crippen LogP contribution in [-0.4, -0.2) is 26.0 Å². The number of anilines is 1. The van der Waals surface area contributed by atoms with Crippen molar-refractivity contribution in [1.82, 2.24) is 14.9 Å². The van der Waals surface area contributed by atoms with Crippen LogP contribution in [0.2, 0.25) is 0 Å². The Balaban J connectivity index is 0.00000220. The second-order valence-electron chi connectivity index (χ2n) is 3.88. The summed E-state index contributed by atoms with van der Waals surface area (Å²) < 4.78 is 1.31. The van der Waals surface area contributed by atoms with Crippen LogP contribution in [0.5, 0.6) is 0 Å². The number of nitrogens with two attached hydrogens (primary N) is 1. The van der Waals surface area contributed by atoms with Crippen molar-refractivity contribution in [3.05, 3.63) is 45.8 Å². The number of halogens is 2. The highest BCUT2D eigenvalue weighted by Gasteiger charge is 2.06. The molecule has 22 heavy (non-hydrogen) atoms. The number of aromatic nitrogens is 3. The van der Waals surface area contributed by atoms with Gasteiger partial charge in [-0.1, -0.05) is 6.92 Å². The van der Waals surface area contributed by atoms with Crippen LogP contribution < -0.4 is 11.3 Å². The van der Waals surface area contributed by atoms with Gasteiger partial charge in [-0.05, 0) is 17.7 Å². The number of nitro benzene ring substituents is 1. The summed E-state index contributed by atoms with van der Waals surface area (Å²) in [6.07, 6.45) is 2.17. The fraction of sp³-hybridized carbons (Fsp3) is 0.182. The van der Waals surface area contributed by atoms with Crippen LogP contribution in [0.1, 0.15) is 18.3 Å². The van der Waals surface area contributed by atoms with Gasteiger partial charge in [-0.3, -0.25) is 10.1 Å². The molecule has 0 aliphatic rings. The number of rotatable bonds is 5. The predicted molar refractivity (Wildman–Crippen MR) is 88.4 cm³/mol. The number of nitro groups is 1. The van der Waals surface area contributed by atoms with Gasteiger partial charge in [-0.15, -0.1) is 35.0 Å². The van der Waals surface area contributed by atoms with Crippen molar-refractivity contribution in [2.45, 2.75) is 13.3 Å². The third-order valence-corrected chi connectivity index (χ3v) is 2.56. The van der Waals surface area contributed by atoms with Gasteiger partial charge >= 0.3 is 0 Å². The zero-order valence-corrected chi connectivity index (χ0v) is 13.2. The van der Waals surface area contributed by atoms with Gasteiger partial charge in [0.1, 0.15) is 0 Å². The Morgan fingerprint density at radius 3 is 2.50 bits per heavy atom. The van der Waals surface area contributed by atoms with Crippen molar-refractivity contribution in [3.63, 3.8) is 0 Å². The molecule has 0 saturated heterocycles. The number of non-ortho nitro benzene ring substituents is 1. The minimum atomic E-state index is -0.456. The smallest absolute Gasteiger partial charge is 0.269 e. The highest BCUT2D eigenvalue weighted by Crippen LogP contribution is 2.10. The molecule has 1 aromatic heterocycles. The van der Waals surface area contributed by atoms with Crippen molar-refractivity contribution in [3.8, 4) is 0 Å². The standard InChI is InChI=1S/C11H13N7O2.2ClH/c1-2-10-14-16-11(17(10)12)15-13-7-8-3-5-9(6-4-8)18(19)20;;/h3-7H,2,12H2,1H3,(H,15,16);2*1H/b13-7+;;. The van der Waals surface area contributed by atoms with Crippen LogP contribution >= 0.6 is 24.8 Å². The van der Waals surface area contributed by atoms with E-state index in [0.717, 1.165) is 0 Å². The zero-order chi connectivity index (χ0) is 14.5. The number of nitrogens with zero attached hydrogens (tertiary/aromatic N) is 5. The minimum absolute atomic E-state index is 0. The lowest BCUT2D eigenvalue weighted by molar-refractivity contribution is -0.384. The lowest BCUT2D eigenvalue weighted by Gasteiger charge is -2.00.